The summed E-state index contributed by atoms with van der Waals surface area (Å²) in [4.78, 5) is 1.88. The largest absolute Gasteiger partial charge is 0.394 e. The molecule has 4 atom stereocenters. The van der Waals surface area contributed by atoms with E-state index in [-0.39, 0.29) is 31.1 Å². The number of hydrogen-bond donors (Lipinski definition) is 3. The van der Waals surface area contributed by atoms with Crippen molar-refractivity contribution in [3.05, 3.63) is 35.6 Å². The van der Waals surface area contributed by atoms with Gasteiger partial charge in [-0.2, -0.15) is 0 Å². The molecule has 1 saturated heterocycles. The molecule has 6 heteroatoms. The summed E-state index contributed by atoms with van der Waals surface area (Å²) in [6, 6.07) is 6.00. The lowest BCUT2D eigenvalue weighted by atomic mass is 10.0. The van der Waals surface area contributed by atoms with Crippen molar-refractivity contribution < 1.29 is 19.3 Å². The van der Waals surface area contributed by atoms with Crippen molar-refractivity contribution in [2.45, 2.75) is 30.9 Å². The first-order chi connectivity index (χ1) is 9.56. The zero-order valence-electron chi connectivity index (χ0n) is 11.4. The number of nitrogens with two attached hydrogens (primary N) is 1. The fraction of sp³-hybridized carbons (Fsp3) is 0.571. The normalized spacial score (nSPS) is 30.1. The summed E-state index contributed by atoms with van der Waals surface area (Å²) in [5.74, 6) is -0.289. The second kappa shape index (κ2) is 6.60. The Labute approximate surface area is 117 Å². The van der Waals surface area contributed by atoms with Gasteiger partial charge >= 0.3 is 0 Å². The number of aliphatic hydroxyl groups excluding tert-OH is 2. The fourth-order valence-electron chi connectivity index (χ4n) is 2.74. The number of halogens is 1. The van der Waals surface area contributed by atoms with Crippen molar-refractivity contribution in [3.8, 4) is 0 Å². The van der Waals surface area contributed by atoms with Crippen LogP contribution in [-0.4, -0.2) is 59.7 Å². The molecule has 20 heavy (non-hydrogen) atoms. The van der Waals surface area contributed by atoms with Gasteiger partial charge in [0.15, 0.2) is 0 Å². The molecule has 2 rings (SSSR count). The average Bonchev–Trinajstić information content (AvgIpc) is 2.75. The maximum absolute atomic E-state index is 13.2. The van der Waals surface area contributed by atoms with E-state index in [1.54, 1.807) is 6.07 Å². The maximum atomic E-state index is 13.2. The van der Waals surface area contributed by atoms with Crippen molar-refractivity contribution >= 4 is 0 Å². The molecular formula is C14H21FN2O3. The third kappa shape index (κ3) is 3.16. The van der Waals surface area contributed by atoms with E-state index in [9.17, 15) is 14.6 Å². The summed E-state index contributed by atoms with van der Waals surface area (Å²) in [6.07, 6.45) is -1.78. The maximum Gasteiger partial charge on any atom is 0.123 e. The number of ether oxygens (including phenoxy) is 1. The van der Waals surface area contributed by atoms with Crippen LogP contribution in [0.3, 0.4) is 0 Å². The summed E-state index contributed by atoms with van der Waals surface area (Å²) >= 11 is 0. The molecule has 1 heterocycles. The number of likely N-dealkylation sites (N-methyl/N-ethyl adjacent to an activating group) is 1. The predicted molar refractivity (Wildman–Crippen MR) is 72.5 cm³/mol. The van der Waals surface area contributed by atoms with Crippen LogP contribution in [0, 0.1) is 5.82 Å². The zero-order chi connectivity index (χ0) is 14.7. The predicted octanol–water partition coefficient (Wildman–Crippen LogP) is -0.295. The summed E-state index contributed by atoms with van der Waals surface area (Å²) in [6.45, 7) is 0.477. The Kier molecular flexibility index (Phi) is 5.06. The molecular weight excluding hydrogens is 263 g/mol. The molecule has 0 amide bonds. The first-order valence-electron chi connectivity index (χ1n) is 6.66. The smallest absolute Gasteiger partial charge is 0.123 e. The molecule has 1 aromatic carbocycles. The highest BCUT2D eigenvalue weighted by Gasteiger charge is 2.44. The van der Waals surface area contributed by atoms with Crippen molar-refractivity contribution in [2.75, 3.05) is 20.2 Å². The van der Waals surface area contributed by atoms with E-state index in [2.05, 4.69) is 0 Å². The average molecular weight is 284 g/mol. The van der Waals surface area contributed by atoms with Crippen molar-refractivity contribution in [3.63, 3.8) is 0 Å². The molecule has 0 saturated carbocycles. The first-order valence-corrected chi connectivity index (χ1v) is 6.66. The zero-order valence-corrected chi connectivity index (χ0v) is 11.4. The lowest BCUT2D eigenvalue weighted by Crippen LogP contribution is -2.48. The third-order valence-electron chi connectivity index (χ3n) is 3.70. The van der Waals surface area contributed by atoms with Crippen molar-refractivity contribution in [2.24, 2.45) is 5.73 Å². The summed E-state index contributed by atoms with van der Waals surface area (Å²) in [5, 5.41) is 19.4. The standard InChI is InChI=1S/C14H21FN2O3/c1-17(7-9-3-2-4-10(15)5-9)13-11(6-16)20-12(8-18)14(13)19/h2-5,11-14,18-19H,6-8,16H2,1H3. The van der Waals surface area contributed by atoms with Crippen LogP contribution < -0.4 is 5.73 Å². The van der Waals surface area contributed by atoms with Gasteiger partial charge in [-0.3, -0.25) is 4.90 Å². The van der Waals surface area contributed by atoms with E-state index in [0.29, 0.717) is 6.54 Å². The van der Waals surface area contributed by atoms with Gasteiger partial charge in [0.05, 0.1) is 18.8 Å². The third-order valence-corrected chi connectivity index (χ3v) is 3.70. The summed E-state index contributed by atoms with van der Waals surface area (Å²) in [7, 11) is 1.82. The lowest BCUT2D eigenvalue weighted by molar-refractivity contribution is -0.0193. The highest BCUT2D eigenvalue weighted by molar-refractivity contribution is 5.16. The van der Waals surface area contributed by atoms with Crippen LogP contribution in [-0.2, 0) is 11.3 Å². The van der Waals surface area contributed by atoms with E-state index >= 15 is 0 Å². The number of aliphatic hydroxyl groups is 2. The molecule has 4 unspecified atom stereocenters. The van der Waals surface area contributed by atoms with Gasteiger partial charge < -0.3 is 20.7 Å². The minimum absolute atomic E-state index is 0.248. The molecule has 1 aliphatic rings. The van der Waals surface area contributed by atoms with E-state index in [1.807, 2.05) is 18.0 Å². The van der Waals surface area contributed by atoms with E-state index in [0.717, 1.165) is 5.56 Å². The Morgan fingerprint density at radius 1 is 1.40 bits per heavy atom. The summed E-state index contributed by atoms with van der Waals surface area (Å²) < 4.78 is 18.7. The molecule has 1 aliphatic heterocycles. The molecule has 5 nitrogen and oxygen atoms in total. The highest BCUT2D eigenvalue weighted by Crippen LogP contribution is 2.25. The van der Waals surface area contributed by atoms with Gasteiger partial charge in [0, 0.05) is 13.1 Å². The van der Waals surface area contributed by atoms with E-state index in [1.165, 1.54) is 12.1 Å². The Morgan fingerprint density at radius 3 is 2.75 bits per heavy atom. The van der Waals surface area contributed by atoms with E-state index in [4.69, 9.17) is 10.5 Å². The van der Waals surface area contributed by atoms with Gasteiger partial charge in [-0.05, 0) is 24.7 Å². The van der Waals surface area contributed by atoms with Crippen molar-refractivity contribution in [1.29, 1.82) is 0 Å². The van der Waals surface area contributed by atoms with Gasteiger partial charge in [-0.25, -0.2) is 4.39 Å². The SMILES string of the molecule is CN(Cc1cccc(F)c1)C1C(CN)OC(CO)C1O. The van der Waals surface area contributed by atoms with Gasteiger partial charge in [0.1, 0.15) is 18.0 Å². The Morgan fingerprint density at radius 2 is 2.15 bits per heavy atom. The van der Waals surface area contributed by atoms with Crippen LogP contribution in [0.1, 0.15) is 5.56 Å². The Hall–Kier alpha value is -1.05. The first kappa shape index (κ1) is 15.3. The second-order valence-corrected chi connectivity index (χ2v) is 5.16. The quantitative estimate of drug-likeness (QED) is 0.692. The minimum atomic E-state index is -0.813. The van der Waals surface area contributed by atoms with E-state index < -0.39 is 12.2 Å². The summed E-state index contributed by atoms with van der Waals surface area (Å²) in [5.41, 5.74) is 6.46. The van der Waals surface area contributed by atoms with Crippen LogP contribution in [0.25, 0.3) is 0 Å². The molecule has 4 N–H and O–H groups in total. The molecule has 0 spiro atoms. The van der Waals surface area contributed by atoms with Crippen LogP contribution >= 0.6 is 0 Å². The molecule has 112 valence electrons. The van der Waals surface area contributed by atoms with Gasteiger partial charge in [-0.1, -0.05) is 12.1 Å². The van der Waals surface area contributed by atoms with Crippen molar-refractivity contribution in [1.82, 2.24) is 4.90 Å². The van der Waals surface area contributed by atoms with Crippen LogP contribution in [0.15, 0.2) is 24.3 Å². The number of nitrogens with zero attached hydrogens (tertiary/aromatic N) is 1. The van der Waals surface area contributed by atoms with Gasteiger partial charge in [0.25, 0.3) is 0 Å². The highest BCUT2D eigenvalue weighted by atomic mass is 19.1. The molecule has 0 bridgehead atoms. The Bertz CT molecular complexity index is 444. The molecule has 0 aliphatic carbocycles. The van der Waals surface area contributed by atoms with Crippen LogP contribution in [0.2, 0.25) is 0 Å². The van der Waals surface area contributed by atoms with Crippen LogP contribution in [0.5, 0.6) is 0 Å². The number of benzene rings is 1. The number of rotatable bonds is 5. The van der Waals surface area contributed by atoms with Crippen LogP contribution in [0.4, 0.5) is 4.39 Å². The number of hydrogen-bond acceptors (Lipinski definition) is 5. The second-order valence-electron chi connectivity index (χ2n) is 5.16. The minimum Gasteiger partial charge on any atom is -0.394 e. The molecule has 0 radical (unpaired) electrons. The fourth-order valence-corrected chi connectivity index (χ4v) is 2.74. The lowest BCUT2D eigenvalue weighted by Gasteiger charge is -2.30. The van der Waals surface area contributed by atoms with Gasteiger partial charge in [-0.15, -0.1) is 0 Å². The molecule has 1 fully saturated rings. The van der Waals surface area contributed by atoms with Gasteiger partial charge in [0.2, 0.25) is 0 Å². The Balaban J connectivity index is 2.09. The molecule has 0 aromatic heterocycles. The topological polar surface area (TPSA) is 79.0 Å². The molecule has 1 aromatic rings. The monoisotopic (exact) mass is 284 g/mol.